The highest BCUT2D eigenvalue weighted by Gasteiger charge is 2.17. The van der Waals surface area contributed by atoms with Crippen molar-refractivity contribution in [2.24, 2.45) is 5.10 Å². The molecule has 0 bridgehead atoms. The van der Waals surface area contributed by atoms with E-state index in [1.165, 1.54) is 12.3 Å². The lowest BCUT2D eigenvalue weighted by atomic mass is 10.00. The van der Waals surface area contributed by atoms with Gasteiger partial charge in [-0.25, -0.2) is 10.1 Å². The average molecular weight is 370 g/mol. The van der Waals surface area contributed by atoms with E-state index in [2.05, 4.69) is 25.5 Å². The Morgan fingerprint density at radius 1 is 1.26 bits per heavy atom. The van der Waals surface area contributed by atoms with Crippen LogP contribution in [-0.4, -0.2) is 27.4 Å². The summed E-state index contributed by atoms with van der Waals surface area (Å²) in [4.78, 5) is 22.3. The molecule has 11 nitrogen and oxygen atoms in total. The van der Waals surface area contributed by atoms with E-state index in [4.69, 9.17) is 10.2 Å². The maximum atomic E-state index is 11.8. The number of aromatic nitrogens is 2. The monoisotopic (exact) mass is 370 g/mol. The summed E-state index contributed by atoms with van der Waals surface area (Å²) in [5.41, 5.74) is 9.53. The number of nitrogens with two attached hydrogens (primary N) is 1. The minimum atomic E-state index is -0.682. The van der Waals surface area contributed by atoms with Gasteiger partial charge in [0.25, 0.3) is 11.6 Å². The standard InChI is InChI=1S/C16H14N6O5/c1-8-9(2)12(22(24)25)5-4-11(8)13-6-3-10(26-13)7-18-19-16(23)14-15(17)21-27-20-14/h3-7H,1-2H3,(H2,17,21)(H,19,23)/b18-7+. The van der Waals surface area contributed by atoms with Crippen molar-refractivity contribution in [1.29, 1.82) is 0 Å². The fourth-order valence-electron chi connectivity index (χ4n) is 2.40. The first-order chi connectivity index (χ1) is 12.9. The van der Waals surface area contributed by atoms with Gasteiger partial charge in [0.05, 0.1) is 11.1 Å². The summed E-state index contributed by atoms with van der Waals surface area (Å²) < 4.78 is 9.99. The van der Waals surface area contributed by atoms with Crippen molar-refractivity contribution in [3.05, 3.63) is 57.0 Å². The maximum Gasteiger partial charge on any atom is 0.297 e. The molecule has 0 radical (unpaired) electrons. The molecule has 11 heteroatoms. The van der Waals surface area contributed by atoms with Crippen LogP contribution in [0.2, 0.25) is 0 Å². The van der Waals surface area contributed by atoms with E-state index in [9.17, 15) is 14.9 Å². The van der Waals surface area contributed by atoms with Crippen LogP contribution in [0.3, 0.4) is 0 Å². The quantitative estimate of drug-likeness (QED) is 0.392. The third-order valence-electron chi connectivity index (χ3n) is 3.93. The highest BCUT2D eigenvalue weighted by molar-refractivity contribution is 5.96. The molecule has 0 fully saturated rings. The second-order valence-electron chi connectivity index (χ2n) is 5.54. The number of nitro groups is 1. The van der Waals surface area contributed by atoms with Gasteiger partial charge in [-0.2, -0.15) is 5.10 Å². The Morgan fingerprint density at radius 3 is 2.70 bits per heavy atom. The van der Waals surface area contributed by atoms with Gasteiger partial charge in [-0.1, -0.05) is 0 Å². The van der Waals surface area contributed by atoms with Gasteiger partial charge in [0, 0.05) is 17.2 Å². The molecule has 1 amide bonds. The zero-order valence-electron chi connectivity index (χ0n) is 14.3. The van der Waals surface area contributed by atoms with E-state index in [-0.39, 0.29) is 17.2 Å². The SMILES string of the molecule is Cc1c(-c2ccc(/C=N/NC(=O)c3nonc3N)o2)ccc([N+](=O)[O-])c1C. The van der Waals surface area contributed by atoms with E-state index < -0.39 is 10.8 Å². The molecular formula is C16H14N6O5. The van der Waals surface area contributed by atoms with Crippen LogP contribution in [0.5, 0.6) is 0 Å². The molecule has 0 aliphatic rings. The van der Waals surface area contributed by atoms with Crippen molar-refractivity contribution in [3.8, 4) is 11.3 Å². The first-order valence-corrected chi connectivity index (χ1v) is 7.64. The number of rotatable bonds is 5. The van der Waals surface area contributed by atoms with E-state index >= 15 is 0 Å². The van der Waals surface area contributed by atoms with Gasteiger partial charge in [0.1, 0.15) is 11.5 Å². The number of furan rings is 1. The molecule has 0 spiro atoms. The zero-order chi connectivity index (χ0) is 19.6. The molecule has 0 saturated heterocycles. The Kier molecular flexibility index (Phi) is 4.66. The lowest BCUT2D eigenvalue weighted by Crippen LogP contribution is -2.19. The normalized spacial score (nSPS) is 11.0. The molecule has 27 heavy (non-hydrogen) atoms. The Labute approximate surface area is 152 Å². The molecule has 2 heterocycles. The second-order valence-corrected chi connectivity index (χ2v) is 5.54. The minimum Gasteiger partial charge on any atom is -0.455 e. The Balaban J connectivity index is 1.75. The highest BCUT2D eigenvalue weighted by Crippen LogP contribution is 2.31. The van der Waals surface area contributed by atoms with Crippen LogP contribution in [-0.2, 0) is 0 Å². The third kappa shape index (κ3) is 3.51. The van der Waals surface area contributed by atoms with Crippen LogP contribution >= 0.6 is 0 Å². The molecule has 3 aromatic rings. The lowest BCUT2D eigenvalue weighted by Gasteiger charge is -2.06. The summed E-state index contributed by atoms with van der Waals surface area (Å²) in [6.45, 7) is 3.47. The van der Waals surface area contributed by atoms with Crippen molar-refractivity contribution < 1.29 is 18.8 Å². The smallest absolute Gasteiger partial charge is 0.297 e. The van der Waals surface area contributed by atoms with Crippen LogP contribution in [0.25, 0.3) is 11.3 Å². The molecule has 0 atom stereocenters. The lowest BCUT2D eigenvalue weighted by molar-refractivity contribution is -0.385. The average Bonchev–Trinajstić information content (AvgIpc) is 3.26. The van der Waals surface area contributed by atoms with E-state index in [0.29, 0.717) is 17.1 Å². The van der Waals surface area contributed by atoms with Gasteiger partial charge >= 0.3 is 0 Å². The molecule has 3 rings (SSSR count). The summed E-state index contributed by atoms with van der Waals surface area (Å²) in [5, 5.41) is 21.4. The predicted molar refractivity (Wildman–Crippen MR) is 94.0 cm³/mol. The van der Waals surface area contributed by atoms with E-state index in [0.717, 1.165) is 11.1 Å². The maximum absolute atomic E-state index is 11.8. The van der Waals surface area contributed by atoms with Gasteiger partial charge in [-0.15, -0.1) is 0 Å². The molecular weight excluding hydrogens is 356 g/mol. The van der Waals surface area contributed by atoms with Crippen molar-refractivity contribution in [2.45, 2.75) is 13.8 Å². The summed E-state index contributed by atoms with van der Waals surface area (Å²) in [6, 6.07) is 6.41. The fraction of sp³-hybridized carbons (Fsp3) is 0.125. The summed E-state index contributed by atoms with van der Waals surface area (Å²) >= 11 is 0. The van der Waals surface area contributed by atoms with Crippen LogP contribution in [0, 0.1) is 24.0 Å². The number of hydrogen-bond acceptors (Lipinski definition) is 9. The Bertz CT molecular complexity index is 1050. The topological polar surface area (TPSA) is 163 Å². The fourth-order valence-corrected chi connectivity index (χ4v) is 2.40. The summed E-state index contributed by atoms with van der Waals surface area (Å²) in [7, 11) is 0. The molecule has 0 unspecified atom stereocenters. The van der Waals surface area contributed by atoms with Crippen LogP contribution in [0.1, 0.15) is 27.4 Å². The number of hydrazone groups is 1. The second kappa shape index (κ2) is 7.07. The number of benzene rings is 1. The van der Waals surface area contributed by atoms with Gasteiger partial charge in [-0.3, -0.25) is 14.9 Å². The third-order valence-corrected chi connectivity index (χ3v) is 3.93. The van der Waals surface area contributed by atoms with E-state index in [1.54, 1.807) is 32.0 Å². The van der Waals surface area contributed by atoms with E-state index in [1.807, 2.05) is 0 Å². The number of hydrogen-bond donors (Lipinski definition) is 2. The van der Waals surface area contributed by atoms with Crippen LogP contribution in [0.4, 0.5) is 11.5 Å². The number of nitro benzene ring substituents is 1. The van der Waals surface area contributed by atoms with Gasteiger partial charge in [-0.05, 0) is 47.9 Å². The number of anilines is 1. The molecule has 2 aromatic heterocycles. The molecule has 0 aliphatic carbocycles. The molecule has 0 aliphatic heterocycles. The van der Waals surface area contributed by atoms with Crippen molar-refractivity contribution in [1.82, 2.24) is 15.7 Å². The molecule has 3 N–H and O–H groups in total. The minimum absolute atomic E-state index is 0.0499. The van der Waals surface area contributed by atoms with Crippen molar-refractivity contribution >= 4 is 23.6 Å². The Hall–Kier alpha value is -4.02. The number of nitrogen functional groups attached to an aromatic ring is 1. The number of carbonyl (C=O) groups excluding carboxylic acids is 1. The number of carbonyl (C=O) groups is 1. The molecule has 138 valence electrons. The van der Waals surface area contributed by atoms with Crippen LogP contribution in [0.15, 0.2) is 38.4 Å². The van der Waals surface area contributed by atoms with Gasteiger partial charge in [0.2, 0.25) is 11.5 Å². The molecule has 0 saturated carbocycles. The summed E-state index contributed by atoms with van der Waals surface area (Å²) in [5.74, 6) is 0.0563. The van der Waals surface area contributed by atoms with Gasteiger partial charge in [0.15, 0.2) is 0 Å². The Morgan fingerprint density at radius 2 is 2.04 bits per heavy atom. The number of nitrogens with zero attached hydrogens (tertiary/aromatic N) is 4. The predicted octanol–water partition coefficient (Wildman–Crippen LogP) is 2.20. The number of amides is 1. The molecule has 1 aromatic carbocycles. The summed E-state index contributed by atoms with van der Waals surface area (Å²) in [6.07, 6.45) is 1.29. The first kappa shape index (κ1) is 17.8. The van der Waals surface area contributed by atoms with Crippen molar-refractivity contribution in [3.63, 3.8) is 0 Å². The van der Waals surface area contributed by atoms with Gasteiger partial charge < -0.3 is 10.2 Å². The first-order valence-electron chi connectivity index (χ1n) is 7.64. The van der Waals surface area contributed by atoms with Crippen LogP contribution < -0.4 is 11.2 Å². The zero-order valence-corrected chi connectivity index (χ0v) is 14.3. The number of nitrogens with one attached hydrogen (secondary N) is 1. The largest absolute Gasteiger partial charge is 0.455 e. The van der Waals surface area contributed by atoms with Crippen molar-refractivity contribution in [2.75, 3.05) is 5.73 Å². The highest BCUT2D eigenvalue weighted by atomic mass is 16.6.